The zero-order valence-electron chi connectivity index (χ0n) is 22.0. The second-order valence-electron chi connectivity index (χ2n) is 9.72. The van der Waals surface area contributed by atoms with Gasteiger partial charge in [-0.1, -0.05) is 77.8 Å². The first-order chi connectivity index (χ1) is 20.5. The van der Waals surface area contributed by atoms with Crippen molar-refractivity contribution in [3.63, 3.8) is 0 Å². The number of ether oxygens (including phenoxy) is 1. The van der Waals surface area contributed by atoms with Gasteiger partial charge in [0.25, 0.3) is 5.56 Å². The number of nitrogens with zero attached hydrogens (tertiary/aromatic N) is 3. The minimum absolute atomic E-state index is 0.252. The van der Waals surface area contributed by atoms with Crippen molar-refractivity contribution < 1.29 is 9.15 Å². The molecule has 0 atom stereocenters. The number of benzene rings is 5. The lowest BCUT2D eigenvalue weighted by molar-refractivity contribution is 0.307. The van der Waals surface area contributed by atoms with Gasteiger partial charge in [-0.05, 0) is 70.9 Å². The third-order valence-electron chi connectivity index (χ3n) is 7.00. The molecule has 0 saturated heterocycles. The summed E-state index contributed by atoms with van der Waals surface area (Å²) in [7, 11) is 0. The number of halogens is 2. The highest BCUT2D eigenvalue weighted by molar-refractivity contribution is 6.31. The van der Waals surface area contributed by atoms with Crippen LogP contribution in [0.2, 0.25) is 10.0 Å². The number of fused-ring (bicyclic) bond motifs is 3. The average Bonchev–Trinajstić information content (AvgIpc) is 3.43. The van der Waals surface area contributed by atoms with Crippen LogP contribution < -0.4 is 10.3 Å². The van der Waals surface area contributed by atoms with Crippen molar-refractivity contribution in [3.05, 3.63) is 141 Å². The van der Waals surface area contributed by atoms with Crippen LogP contribution >= 0.6 is 23.2 Å². The fraction of sp³-hybridized carbons (Fsp3) is 0.0294. The zero-order chi connectivity index (χ0) is 28.6. The van der Waals surface area contributed by atoms with Gasteiger partial charge in [0.15, 0.2) is 5.76 Å². The number of aromatic nitrogens is 2. The predicted octanol–water partition coefficient (Wildman–Crippen LogP) is 8.73. The second kappa shape index (κ2) is 10.8. The summed E-state index contributed by atoms with van der Waals surface area (Å²) in [6.07, 6.45) is 1.55. The smallest absolute Gasteiger partial charge is 0.282 e. The second-order valence-corrected chi connectivity index (χ2v) is 10.6. The Hall–Kier alpha value is -4.91. The molecule has 0 saturated carbocycles. The molecule has 0 amide bonds. The van der Waals surface area contributed by atoms with E-state index in [-0.39, 0.29) is 11.4 Å². The van der Waals surface area contributed by atoms with Gasteiger partial charge in [0.1, 0.15) is 17.9 Å². The molecule has 0 aliphatic carbocycles. The van der Waals surface area contributed by atoms with E-state index in [0.717, 1.165) is 21.7 Å². The molecule has 42 heavy (non-hydrogen) atoms. The van der Waals surface area contributed by atoms with Crippen molar-refractivity contribution in [2.75, 3.05) is 0 Å². The lowest BCUT2D eigenvalue weighted by atomic mass is 10.1. The first-order valence-electron chi connectivity index (χ1n) is 13.2. The van der Waals surface area contributed by atoms with Gasteiger partial charge < -0.3 is 9.15 Å². The highest BCUT2D eigenvalue weighted by atomic mass is 35.5. The van der Waals surface area contributed by atoms with Gasteiger partial charge in [-0.15, -0.1) is 0 Å². The standard InChI is InChI=1S/C34H21Cl2N3O3/c35-25-13-15-31-23(16-25)18-32(42-31)33-38-29-11-4-3-10-28(29)34(40)39(33)37-19-24-17-26(36)12-14-30(24)41-20-22-8-5-7-21-6-1-2-9-27(21)22/h1-19H,20H2. The molecule has 0 unspecified atom stereocenters. The number of rotatable bonds is 6. The fourth-order valence-corrected chi connectivity index (χ4v) is 5.32. The van der Waals surface area contributed by atoms with Crippen LogP contribution in [0.4, 0.5) is 0 Å². The average molecular weight is 590 g/mol. The van der Waals surface area contributed by atoms with Crippen LogP contribution in [0.3, 0.4) is 0 Å². The molecule has 8 heteroatoms. The lowest BCUT2D eigenvalue weighted by Gasteiger charge is -2.12. The topological polar surface area (TPSA) is 69.6 Å². The molecule has 0 radical (unpaired) electrons. The lowest BCUT2D eigenvalue weighted by Crippen LogP contribution is -2.20. The third kappa shape index (κ3) is 4.91. The molecule has 7 rings (SSSR count). The summed E-state index contributed by atoms with van der Waals surface area (Å²) in [4.78, 5) is 18.4. The summed E-state index contributed by atoms with van der Waals surface area (Å²) in [5.41, 5.74) is 2.46. The van der Waals surface area contributed by atoms with Crippen LogP contribution in [0.25, 0.3) is 44.2 Å². The molecule has 204 valence electrons. The van der Waals surface area contributed by atoms with Crippen molar-refractivity contribution in [3.8, 4) is 17.3 Å². The summed E-state index contributed by atoms with van der Waals surface area (Å²) in [6.45, 7) is 0.341. The largest absolute Gasteiger partial charge is 0.488 e. The third-order valence-corrected chi connectivity index (χ3v) is 7.47. The molecule has 6 nitrogen and oxygen atoms in total. The predicted molar refractivity (Wildman–Crippen MR) is 169 cm³/mol. The van der Waals surface area contributed by atoms with Gasteiger partial charge >= 0.3 is 0 Å². The van der Waals surface area contributed by atoms with Crippen LogP contribution in [-0.2, 0) is 6.61 Å². The summed E-state index contributed by atoms with van der Waals surface area (Å²) >= 11 is 12.6. The Morgan fingerprint density at radius 1 is 0.810 bits per heavy atom. The van der Waals surface area contributed by atoms with E-state index in [0.29, 0.717) is 50.2 Å². The normalized spacial score (nSPS) is 11.7. The Labute approximate surface area is 250 Å². The maximum Gasteiger partial charge on any atom is 0.282 e. The Morgan fingerprint density at radius 3 is 2.48 bits per heavy atom. The van der Waals surface area contributed by atoms with Gasteiger partial charge in [-0.3, -0.25) is 4.79 Å². The van der Waals surface area contributed by atoms with Crippen molar-refractivity contribution in [1.29, 1.82) is 0 Å². The van der Waals surface area contributed by atoms with Gasteiger partial charge in [0.05, 0.1) is 17.1 Å². The highest BCUT2D eigenvalue weighted by Gasteiger charge is 2.17. The van der Waals surface area contributed by atoms with Gasteiger partial charge in [0, 0.05) is 21.0 Å². The Morgan fingerprint density at radius 2 is 1.57 bits per heavy atom. The summed E-state index contributed by atoms with van der Waals surface area (Å²) in [6, 6.07) is 33.8. The minimum Gasteiger partial charge on any atom is -0.488 e. The van der Waals surface area contributed by atoms with E-state index >= 15 is 0 Å². The molecular formula is C34H21Cl2N3O3. The molecule has 2 heterocycles. The van der Waals surface area contributed by atoms with Crippen LogP contribution in [0.5, 0.6) is 5.75 Å². The first kappa shape index (κ1) is 26.0. The molecule has 7 aromatic rings. The molecule has 0 fully saturated rings. The van der Waals surface area contributed by atoms with Crippen LogP contribution in [-0.4, -0.2) is 15.9 Å². The molecular weight excluding hydrogens is 569 g/mol. The number of hydrogen-bond donors (Lipinski definition) is 0. The van der Waals surface area contributed by atoms with Crippen molar-refractivity contribution >= 4 is 62.1 Å². The maximum absolute atomic E-state index is 13.7. The van der Waals surface area contributed by atoms with E-state index < -0.39 is 0 Å². The van der Waals surface area contributed by atoms with E-state index in [4.69, 9.17) is 37.3 Å². The molecule has 0 N–H and O–H groups in total. The Balaban J connectivity index is 1.30. The van der Waals surface area contributed by atoms with Crippen LogP contribution in [0, 0.1) is 0 Å². The molecule has 0 bridgehead atoms. The first-order valence-corrected chi connectivity index (χ1v) is 13.9. The molecule has 0 aliphatic rings. The van der Waals surface area contributed by atoms with Gasteiger partial charge in [0.2, 0.25) is 5.82 Å². The summed E-state index contributed by atoms with van der Waals surface area (Å²) < 4.78 is 13.6. The molecule has 2 aromatic heterocycles. The maximum atomic E-state index is 13.7. The van der Waals surface area contributed by atoms with E-state index in [2.05, 4.69) is 23.3 Å². The Bertz CT molecular complexity index is 2210. The minimum atomic E-state index is -0.342. The van der Waals surface area contributed by atoms with Gasteiger partial charge in [-0.2, -0.15) is 9.78 Å². The van der Waals surface area contributed by atoms with E-state index in [9.17, 15) is 4.79 Å². The number of para-hydroxylation sites is 1. The monoisotopic (exact) mass is 589 g/mol. The van der Waals surface area contributed by atoms with E-state index in [1.54, 1.807) is 66.9 Å². The Kier molecular flexibility index (Phi) is 6.70. The van der Waals surface area contributed by atoms with Crippen LogP contribution in [0.15, 0.2) is 124 Å². The molecule has 5 aromatic carbocycles. The number of hydrogen-bond acceptors (Lipinski definition) is 5. The fourth-order valence-electron chi connectivity index (χ4n) is 4.96. The molecule has 0 spiro atoms. The SMILES string of the molecule is O=c1c2ccccc2nc(-c2cc3cc(Cl)ccc3o2)n1N=Cc1cc(Cl)ccc1OCc1cccc2ccccc12. The van der Waals surface area contributed by atoms with E-state index in [1.165, 1.54) is 4.68 Å². The summed E-state index contributed by atoms with van der Waals surface area (Å²) in [5, 5.41) is 9.15. The number of furan rings is 1. The van der Waals surface area contributed by atoms with E-state index in [1.807, 2.05) is 30.3 Å². The van der Waals surface area contributed by atoms with Crippen LogP contribution in [0.1, 0.15) is 11.1 Å². The van der Waals surface area contributed by atoms with Gasteiger partial charge in [-0.25, -0.2) is 4.98 Å². The summed E-state index contributed by atoms with van der Waals surface area (Å²) in [5.74, 6) is 1.20. The zero-order valence-corrected chi connectivity index (χ0v) is 23.5. The quantitative estimate of drug-likeness (QED) is 0.182. The molecule has 0 aliphatic heterocycles. The van der Waals surface area contributed by atoms with Crippen molar-refractivity contribution in [2.45, 2.75) is 6.61 Å². The van der Waals surface area contributed by atoms with Crippen molar-refractivity contribution in [1.82, 2.24) is 9.66 Å². The highest BCUT2D eigenvalue weighted by Crippen LogP contribution is 2.30. The van der Waals surface area contributed by atoms with Crippen molar-refractivity contribution in [2.24, 2.45) is 5.10 Å².